The van der Waals surface area contributed by atoms with Gasteiger partial charge in [0.25, 0.3) is 0 Å². The number of amides is 1. The van der Waals surface area contributed by atoms with E-state index in [0.717, 1.165) is 32.4 Å². The topological polar surface area (TPSA) is 80.5 Å². The average molecular weight is 336 g/mol. The van der Waals surface area contributed by atoms with Crippen molar-refractivity contribution in [1.82, 2.24) is 20.4 Å². The van der Waals surface area contributed by atoms with Gasteiger partial charge in [0.15, 0.2) is 5.82 Å². The number of fused-ring (bicyclic) bond motifs is 1. The van der Waals surface area contributed by atoms with Crippen molar-refractivity contribution in [3.63, 3.8) is 0 Å². The largest absolute Gasteiger partial charge is 0.371 e. The fraction of sp³-hybridized carbons (Fsp3) is 0.824. The maximum Gasteiger partial charge on any atom is 0.246 e. The van der Waals surface area contributed by atoms with Gasteiger partial charge in [-0.3, -0.25) is 4.79 Å². The molecule has 0 radical (unpaired) electrons. The summed E-state index contributed by atoms with van der Waals surface area (Å²) in [6.07, 6.45) is 4.28. The molecule has 1 N–H and O–H groups in total. The van der Waals surface area contributed by atoms with Crippen molar-refractivity contribution in [2.24, 2.45) is 11.3 Å². The molecule has 1 unspecified atom stereocenters. The van der Waals surface area contributed by atoms with Crippen molar-refractivity contribution >= 4 is 5.91 Å². The zero-order valence-corrected chi connectivity index (χ0v) is 14.9. The summed E-state index contributed by atoms with van der Waals surface area (Å²) in [5.74, 6) is 1.65. The molecule has 24 heavy (non-hydrogen) atoms. The SMILES string of the molecule is CCOC(C)c1noc(CN(C)C(=O)[C@@]23CCCC[C@H]2CNC3)n1. The van der Waals surface area contributed by atoms with Crippen LogP contribution in [0.3, 0.4) is 0 Å². The molecule has 1 amide bonds. The van der Waals surface area contributed by atoms with Crippen LogP contribution in [0.1, 0.15) is 57.3 Å². The maximum absolute atomic E-state index is 13.1. The number of nitrogens with zero attached hydrogens (tertiary/aromatic N) is 3. The van der Waals surface area contributed by atoms with E-state index in [0.29, 0.717) is 30.8 Å². The fourth-order valence-electron chi connectivity index (χ4n) is 4.15. The van der Waals surface area contributed by atoms with Crippen molar-refractivity contribution in [2.75, 3.05) is 26.7 Å². The molecule has 7 heteroatoms. The molecule has 2 fully saturated rings. The molecule has 0 aromatic carbocycles. The van der Waals surface area contributed by atoms with Crippen LogP contribution in [0.4, 0.5) is 0 Å². The minimum atomic E-state index is -0.242. The Kier molecular flexibility index (Phi) is 5.20. The van der Waals surface area contributed by atoms with Gasteiger partial charge in [0.1, 0.15) is 6.10 Å². The van der Waals surface area contributed by atoms with E-state index in [1.54, 1.807) is 4.90 Å². The van der Waals surface area contributed by atoms with Crippen LogP contribution in [0.15, 0.2) is 4.52 Å². The lowest BCUT2D eigenvalue weighted by atomic mass is 9.67. The van der Waals surface area contributed by atoms with Gasteiger partial charge < -0.3 is 19.5 Å². The highest BCUT2D eigenvalue weighted by Gasteiger charge is 2.50. The number of rotatable bonds is 6. The van der Waals surface area contributed by atoms with E-state index in [4.69, 9.17) is 9.26 Å². The Balaban J connectivity index is 1.66. The summed E-state index contributed by atoms with van der Waals surface area (Å²) in [4.78, 5) is 19.2. The monoisotopic (exact) mass is 336 g/mol. The van der Waals surface area contributed by atoms with Gasteiger partial charge in [0.2, 0.25) is 11.8 Å². The number of aromatic nitrogens is 2. The summed E-state index contributed by atoms with van der Waals surface area (Å²) in [5, 5.41) is 7.39. The van der Waals surface area contributed by atoms with Crippen LogP contribution >= 0.6 is 0 Å². The Labute approximate surface area is 143 Å². The molecule has 3 atom stereocenters. The van der Waals surface area contributed by atoms with E-state index in [1.807, 2.05) is 20.9 Å². The minimum absolute atomic E-state index is 0.200. The Morgan fingerprint density at radius 1 is 1.54 bits per heavy atom. The number of hydrogen-bond acceptors (Lipinski definition) is 6. The first-order chi connectivity index (χ1) is 11.6. The molecule has 1 aromatic heterocycles. The minimum Gasteiger partial charge on any atom is -0.371 e. The van der Waals surface area contributed by atoms with Gasteiger partial charge in [-0.15, -0.1) is 0 Å². The summed E-state index contributed by atoms with van der Waals surface area (Å²) in [7, 11) is 1.83. The van der Waals surface area contributed by atoms with Crippen LogP contribution in [-0.2, 0) is 16.1 Å². The molecular weight excluding hydrogens is 308 g/mol. The summed E-state index contributed by atoms with van der Waals surface area (Å²) < 4.78 is 10.8. The second kappa shape index (κ2) is 7.19. The number of carbonyl (C=O) groups is 1. The number of nitrogens with one attached hydrogen (secondary N) is 1. The quantitative estimate of drug-likeness (QED) is 0.855. The zero-order valence-electron chi connectivity index (χ0n) is 14.9. The van der Waals surface area contributed by atoms with Crippen LogP contribution in [-0.4, -0.2) is 47.7 Å². The second-order valence-electron chi connectivity index (χ2n) is 7.03. The number of carbonyl (C=O) groups excluding carboxylic acids is 1. The molecule has 1 aliphatic carbocycles. The fourth-order valence-corrected chi connectivity index (χ4v) is 4.15. The van der Waals surface area contributed by atoms with E-state index >= 15 is 0 Å². The third-order valence-electron chi connectivity index (χ3n) is 5.45. The molecule has 1 saturated heterocycles. The first kappa shape index (κ1) is 17.4. The lowest BCUT2D eigenvalue weighted by molar-refractivity contribution is -0.144. The highest BCUT2D eigenvalue weighted by molar-refractivity contribution is 5.83. The van der Waals surface area contributed by atoms with Crippen molar-refractivity contribution in [1.29, 1.82) is 0 Å². The molecule has 1 aromatic rings. The Morgan fingerprint density at radius 3 is 3.17 bits per heavy atom. The molecule has 0 spiro atoms. The number of ether oxygens (including phenoxy) is 1. The predicted molar refractivity (Wildman–Crippen MR) is 88.1 cm³/mol. The zero-order chi connectivity index (χ0) is 17.2. The normalized spacial score (nSPS) is 27.7. The Hall–Kier alpha value is -1.47. The maximum atomic E-state index is 13.1. The van der Waals surface area contributed by atoms with E-state index < -0.39 is 0 Å². The Morgan fingerprint density at radius 2 is 2.38 bits per heavy atom. The smallest absolute Gasteiger partial charge is 0.246 e. The summed E-state index contributed by atoms with van der Waals surface area (Å²) in [6.45, 7) is 6.51. The predicted octanol–water partition coefficient (Wildman–Crippen LogP) is 1.91. The van der Waals surface area contributed by atoms with Gasteiger partial charge in [-0.05, 0) is 39.2 Å². The van der Waals surface area contributed by atoms with Gasteiger partial charge in [0, 0.05) is 20.2 Å². The lowest BCUT2D eigenvalue weighted by Crippen LogP contribution is -2.48. The number of hydrogen-bond donors (Lipinski definition) is 1. The molecule has 1 saturated carbocycles. The van der Waals surface area contributed by atoms with Gasteiger partial charge in [-0.25, -0.2) is 0 Å². The molecular formula is C17H28N4O3. The molecule has 7 nitrogen and oxygen atoms in total. The molecule has 2 heterocycles. The van der Waals surface area contributed by atoms with E-state index in [2.05, 4.69) is 15.5 Å². The summed E-state index contributed by atoms with van der Waals surface area (Å²) in [6, 6.07) is 0. The highest BCUT2D eigenvalue weighted by atomic mass is 16.5. The molecule has 134 valence electrons. The van der Waals surface area contributed by atoms with Crippen LogP contribution in [0, 0.1) is 11.3 Å². The molecule has 2 aliphatic rings. The standard InChI is InChI=1S/C17H28N4O3/c1-4-23-12(2)15-19-14(24-20-15)10-21(3)16(22)17-8-6-5-7-13(17)9-18-11-17/h12-13,18H,4-11H2,1-3H3/t12?,13-,17+/m0/s1. The third kappa shape index (κ3) is 3.19. The van der Waals surface area contributed by atoms with Crippen LogP contribution in [0.25, 0.3) is 0 Å². The van der Waals surface area contributed by atoms with E-state index in [1.165, 1.54) is 6.42 Å². The molecule has 1 aliphatic heterocycles. The van der Waals surface area contributed by atoms with E-state index in [-0.39, 0.29) is 17.4 Å². The van der Waals surface area contributed by atoms with Crippen LogP contribution in [0.5, 0.6) is 0 Å². The molecule has 3 rings (SSSR count). The first-order valence-corrected chi connectivity index (χ1v) is 8.97. The van der Waals surface area contributed by atoms with Crippen molar-refractivity contribution in [3.05, 3.63) is 11.7 Å². The van der Waals surface area contributed by atoms with E-state index in [9.17, 15) is 4.79 Å². The van der Waals surface area contributed by atoms with Crippen molar-refractivity contribution in [2.45, 2.75) is 52.2 Å². The van der Waals surface area contributed by atoms with Gasteiger partial charge in [-0.2, -0.15) is 4.98 Å². The molecule has 0 bridgehead atoms. The third-order valence-corrected chi connectivity index (χ3v) is 5.45. The summed E-state index contributed by atoms with van der Waals surface area (Å²) in [5.41, 5.74) is -0.242. The lowest BCUT2D eigenvalue weighted by Gasteiger charge is -2.39. The van der Waals surface area contributed by atoms with Gasteiger partial charge in [0.05, 0.1) is 12.0 Å². The van der Waals surface area contributed by atoms with Crippen LogP contribution < -0.4 is 5.32 Å². The van der Waals surface area contributed by atoms with Crippen molar-refractivity contribution in [3.8, 4) is 0 Å². The van der Waals surface area contributed by atoms with Crippen molar-refractivity contribution < 1.29 is 14.1 Å². The van der Waals surface area contributed by atoms with Gasteiger partial charge >= 0.3 is 0 Å². The second-order valence-corrected chi connectivity index (χ2v) is 7.03. The van der Waals surface area contributed by atoms with Crippen LogP contribution in [0.2, 0.25) is 0 Å². The average Bonchev–Trinajstić information content (AvgIpc) is 3.21. The first-order valence-electron chi connectivity index (χ1n) is 8.97. The van der Waals surface area contributed by atoms with Gasteiger partial charge in [-0.1, -0.05) is 18.0 Å². The highest BCUT2D eigenvalue weighted by Crippen LogP contribution is 2.45. The summed E-state index contributed by atoms with van der Waals surface area (Å²) >= 11 is 0. The Bertz CT molecular complexity index is 576.